The average molecular weight is 280 g/mol. The lowest BCUT2D eigenvalue weighted by Gasteiger charge is -2.15. The number of carbonyl (C=O) groups excluding carboxylic acids is 1. The first-order chi connectivity index (χ1) is 9.43. The Labute approximate surface area is 120 Å². The van der Waals surface area contributed by atoms with Gasteiger partial charge >= 0.3 is 0 Å². The Kier molecular flexibility index (Phi) is 6.31. The van der Waals surface area contributed by atoms with Gasteiger partial charge in [0.05, 0.1) is 19.6 Å². The van der Waals surface area contributed by atoms with E-state index >= 15 is 0 Å². The second kappa shape index (κ2) is 7.75. The Hall–Kier alpha value is -1.75. The van der Waals surface area contributed by atoms with Crippen LogP contribution < -0.4 is 20.5 Å². The van der Waals surface area contributed by atoms with Gasteiger partial charge in [0.2, 0.25) is 5.91 Å². The summed E-state index contributed by atoms with van der Waals surface area (Å²) in [5.74, 6) is 0.567. The van der Waals surface area contributed by atoms with Crippen LogP contribution in [0.5, 0.6) is 11.5 Å². The summed E-state index contributed by atoms with van der Waals surface area (Å²) in [7, 11) is 1.59. The quantitative estimate of drug-likeness (QED) is 0.760. The summed E-state index contributed by atoms with van der Waals surface area (Å²) >= 11 is 0. The van der Waals surface area contributed by atoms with Crippen molar-refractivity contribution in [3.63, 3.8) is 0 Å². The lowest BCUT2D eigenvalue weighted by molar-refractivity contribution is -0.122. The molecule has 0 aliphatic heterocycles. The lowest BCUT2D eigenvalue weighted by Crippen LogP contribution is -2.26. The molecule has 112 valence electrons. The molecule has 20 heavy (non-hydrogen) atoms. The maximum absolute atomic E-state index is 11.0. The van der Waals surface area contributed by atoms with Gasteiger partial charge in [-0.3, -0.25) is 4.79 Å². The average Bonchev–Trinajstić information content (AvgIpc) is 2.42. The number of carbonyl (C=O) groups is 1. The Morgan fingerprint density at radius 1 is 1.30 bits per heavy atom. The predicted molar refractivity (Wildman–Crippen MR) is 78.8 cm³/mol. The first-order valence-electron chi connectivity index (χ1n) is 6.76. The zero-order chi connectivity index (χ0) is 15.1. The summed E-state index contributed by atoms with van der Waals surface area (Å²) in [6, 6.07) is 6.18. The van der Waals surface area contributed by atoms with Crippen LogP contribution in [0.2, 0.25) is 0 Å². The van der Waals surface area contributed by atoms with Crippen LogP contribution in [-0.2, 0) is 11.3 Å². The minimum atomic E-state index is -0.374. The van der Waals surface area contributed by atoms with Crippen LogP contribution in [-0.4, -0.2) is 25.7 Å². The van der Waals surface area contributed by atoms with Gasteiger partial charge in [0.15, 0.2) is 11.5 Å². The molecule has 0 aromatic heterocycles. The largest absolute Gasteiger partial charge is 0.493 e. The molecule has 0 radical (unpaired) electrons. The second-order valence-corrected chi connectivity index (χ2v) is 5.14. The smallest absolute Gasteiger partial charge is 0.223 e. The Balaban J connectivity index is 2.75. The number of hydrogen-bond acceptors (Lipinski definition) is 4. The highest BCUT2D eigenvalue weighted by molar-refractivity contribution is 5.76. The standard InChI is InChI=1S/C15H24N2O3/c1-10(2)17-8-12-5-6-13(19-4)14(7-12)20-9-11(3)15(16)18/h5-7,10-11,17H,8-9H2,1-4H3,(H2,16,18). The minimum Gasteiger partial charge on any atom is -0.493 e. The summed E-state index contributed by atoms with van der Waals surface area (Å²) in [6.45, 7) is 6.92. The lowest BCUT2D eigenvalue weighted by atomic mass is 10.1. The molecule has 0 bridgehead atoms. The van der Waals surface area contributed by atoms with Crippen molar-refractivity contribution in [1.29, 1.82) is 0 Å². The highest BCUT2D eigenvalue weighted by Crippen LogP contribution is 2.28. The number of ether oxygens (including phenoxy) is 2. The third-order valence-corrected chi connectivity index (χ3v) is 2.92. The zero-order valence-electron chi connectivity index (χ0n) is 12.6. The molecule has 0 saturated heterocycles. The van der Waals surface area contributed by atoms with Gasteiger partial charge in [-0.25, -0.2) is 0 Å². The molecule has 0 aliphatic rings. The third-order valence-electron chi connectivity index (χ3n) is 2.92. The highest BCUT2D eigenvalue weighted by Gasteiger charge is 2.12. The molecule has 1 rings (SSSR count). The van der Waals surface area contributed by atoms with E-state index in [9.17, 15) is 4.79 Å². The molecule has 5 nitrogen and oxygen atoms in total. The van der Waals surface area contributed by atoms with Crippen LogP contribution in [0.25, 0.3) is 0 Å². The molecule has 0 aliphatic carbocycles. The Bertz CT molecular complexity index is 447. The van der Waals surface area contributed by atoms with E-state index in [-0.39, 0.29) is 18.4 Å². The van der Waals surface area contributed by atoms with Gasteiger partial charge in [0, 0.05) is 12.6 Å². The molecular weight excluding hydrogens is 256 g/mol. The Morgan fingerprint density at radius 3 is 2.55 bits per heavy atom. The van der Waals surface area contributed by atoms with Crippen LogP contribution in [0.15, 0.2) is 18.2 Å². The first-order valence-corrected chi connectivity index (χ1v) is 6.76. The molecule has 1 unspecified atom stereocenters. The summed E-state index contributed by atoms with van der Waals surface area (Å²) in [4.78, 5) is 11.0. The van der Waals surface area contributed by atoms with Crippen LogP contribution in [0.3, 0.4) is 0 Å². The zero-order valence-corrected chi connectivity index (χ0v) is 12.6. The van der Waals surface area contributed by atoms with E-state index in [1.165, 1.54) is 0 Å². The topological polar surface area (TPSA) is 73.6 Å². The van der Waals surface area contributed by atoms with Crippen molar-refractivity contribution in [1.82, 2.24) is 5.32 Å². The molecular formula is C15H24N2O3. The first kappa shape index (κ1) is 16.3. The predicted octanol–water partition coefficient (Wildman–Crippen LogP) is 1.69. The molecule has 0 fully saturated rings. The van der Waals surface area contributed by atoms with Gasteiger partial charge in [-0.1, -0.05) is 26.8 Å². The number of hydrogen-bond donors (Lipinski definition) is 2. The van der Waals surface area contributed by atoms with Crippen molar-refractivity contribution in [3.8, 4) is 11.5 Å². The third kappa shape index (κ3) is 5.09. The number of primary amides is 1. The molecule has 3 N–H and O–H groups in total. The van der Waals surface area contributed by atoms with Crippen molar-refractivity contribution in [2.24, 2.45) is 11.7 Å². The number of methoxy groups -OCH3 is 1. The molecule has 1 atom stereocenters. The van der Waals surface area contributed by atoms with E-state index in [2.05, 4.69) is 19.2 Å². The van der Waals surface area contributed by atoms with Crippen molar-refractivity contribution >= 4 is 5.91 Å². The molecule has 1 amide bonds. The molecule has 1 aromatic carbocycles. The number of amides is 1. The monoisotopic (exact) mass is 280 g/mol. The second-order valence-electron chi connectivity index (χ2n) is 5.14. The normalized spacial score (nSPS) is 12.2. The number of nitrogens with one attached hydrogen (secondary N) is 1. The van der Waals surface area contributed by atoms with E-state index < -0.39 is 0 Å². The van der Waals surface area contributed by atoms with Gasteiger partial charge in [-0.05, 0) is 17.7 Å². The molecule has 1 aromatic rings. The SMILES string of the molecule is COc1ccc(CNC(C)C)cc1OCC(C)C(N)=O. The fourth-order valence-electron chi connectivity index (χ4n) is 1.56. The van der Waals surface area contributed by atoms with Crippen molar-refractivity contribution in [3.05, 3.63) is 23.8 Å². The summed E-state index contributed by atoms with van der Waals surface area (Å²) in [5.41, 5.74) is 6.32. The summed E-state index contributed by atoms with van der Waals surface area (Å²) < 4.78 is 10.9. The summed E-state index contributed by atoms with van der Waals surface area (Å²) in [6.07, 6.45) is 0. The maximum atomic E-state index is 11.0. The molecule has 0 heterocycles. The van der Waals surface area contributed by atoms with E-state index in [1.807, 2.05) is 18.2 Å². The number of rotatable bonds is 8. The van der Waals surface area contributed by atoms with Crippen LogP contribution >= 0.6 is 0 Å². The van der Waals surface area contributed by atoms with Gasteiger partial charge in [-0.15, -0.1) is 0 Å². The van der Waals surface area contributed by atoms with E-state index in [0.717, 1.165) is 12.1 Å². The van der Waals surface area contributed by atoms with Crippen LogP contribution in [0.1, 0.15) is 26.3 Å². The molecule has 0 saturated carbocycles. The van der Waals surface area contributed by atoms with E-state index in [0.29, 0.717) is 17.5 Å². The van der Waals surface area contributed by atoms with Gasteiger partial charge in [0.25, 0.3) is 0 Å². The number of benzene rings is 1. The van der Waals surface area contributed by atoms with Crippen molar-refractivity contribution in [2.45, 2.75) is 33.4 Å². The van der Waals surface area contributed by atoms with E-state index in [1.54, 1.807) is 14.0 Å². The van der Waals surface area contributed by atoms with Crippen molar-refractivity contribution < 1.29 is 14.3 Å². The maximum Gasteiger partial charge on any atom is 0.223 e. The van der Waals surface area contributed by atoms with Gasteiger partial charge < -0.3 is 20.5 Å². The van der Waals surface area contributed by atoms with Crippen LogP contribution in [0, 0.1) is 5.92 Å². The van der Waals surface area contributed by atoms with Gasteiger partial charge in [0.1, 0.15) is 0 Å². The fourth-order valence-corrected chi connectivity index (χ4v) is 1.56. The van der Waals surface area contributed by atoms with Crippen molar-refractivity contribution in [2.75, 3.05) is 13.7 Å². The number of nitrogens with two attached hydrogens (primary N) is 1. The Morgan fingerprint density at radius 2 is 2.00 bits per heavy atom. The summed E-state index contributed by atoms with van der Waals surface area (Å²) in [5, 5.41) is 3.34. The fraction of sp³-hybridized carbons (Fsp3) is 0.533. The minimum absolute atomic E-state index is 0.243. The van der Waals surface area contributed by atoms with E-state index in [4.69, 9.17) is 15.2 Å². The molecule has 5 heteroatoms. The molecule has 0 spiro atoms. The van der Waals surface area contributed by atoms with Gasteiger partial charge in [-0.2, -0.15) is 0 Å². The highest BCUT2D eigenvalue weighted by atomic mass is 16.5. The van der Waals surface area contributed by atoms with Crippen LogP contribution in [0.4, 0.5) is 0 Å².